The number of unbranched alkanes of at least 4 members (excludes halogenated alkanes) is 1. The highest BCUT2D eigenvalue weighted by atomic mass is 16.7. The van der Waals surface area contributed by atoms with E-state index in [0.29, 0.717) is 43.1 Å². The van der Waals surface area contributed by atoms with E-state index in [2.05, 4.69) is 62.9 Å². The van der Waals surface area contributed by atoms with Crippen molar-refractivity contribution in [1.82, 2.24) is 39.7 Å². The number of amides is 2. The number of likely N-dealkylation sites (tertiary alicyclic amines) is 2. The van der Waals surface area contributed by atoms with Gasteiger partial charge >= 0.3 is 6.16 Å². The van der Waals surface area contributed by atoms with Crippen molar-refractivity contribution < 1.29 is 23.9 Å². The van der Waals surface area contributed by atoms with Crippen LogP contribution >= 0.6 is 0 Å². The van der Waals surface area contributed by atoms with Gasteiger partial charge in [-0.2, -0.15) is 5.10 Å². The number of aromatic nitrogens is 3. The number of allylic oxidation sites excluding steroid dienone is 1. The summed E-state index contributed by atoms with van der Waals surface area (Å²) < 4.78 is 11.7. The van der Waals surface area contributed by atoms with Crippen LogP contribution in [0.15, 0.2) is 66.1 Å². The molecule has 4 aromatic rings. The molecule has 3 saturated heterocycles. The fraction of sp³-hybridized carbons (Fsp3) is 0.543. The second-order valence-electron chi connectivity index (χ2n) is 15.8. The number of carbonyl (C=O) groups excluding carboxylic acids is 3. The van der Waals surface area contributed by atoms with Gasteiger partial charge in [-0.3, -0.25) is 28.9 Å². The summed E-state index contributed by atoms with van der Waals surface area (Å²) in [5.74, 6) is 0.292. The Bertz CT molecular complexity index is 2060. The topological polar surface area (TPSA) is 145 Å². The highest BCUT2D eigenvalue weighted by molar-refractivity contribution is 5.84. The summed E-state index contributed by atoms with van der Waals surface area (Å²) in [7, 11) is 4.09. The molecule has 2 aromatic heterocycles. The first-order valence-corrected chi connectivity index (χ1v) is 21.7. The van der Waals surface area contributed by atoms with Gasteiger partial charge in [-0.15, -0.1) is 6.58 Å². The Morgan fingerprint density at radius 1 is 0.967 bits per heavy atom. The molecule has 0 radical (unpaired) electrons. The number of rotatable bonds is 13. The third-order valence-electron chi connectivity index (χ3n) is 12.0. The number of piperazine rings is 1. The van der Waals surface area contributed by atoms with Crippen LogP contribution in [0, 0.1) is 6.92 Å². The number of nitrogens with zero attached hydrogens (tertiary/aromatic N) is 6. The molecule has 3 fully saturated rings. The van der Waals surface area contributed by atoms with Gasteiger partial charge in [0.05, 0.1) is 29.9 Å². The molecule has 5 heterocycles. The van der Waals surface area contributed by atoms with Gasteiger partial charge in [0.25, 0.3) is 5.56 Å². The van der Waals surface area contributed by atoms with Gasteiger partial charge in [-0.25, -0.2) is 4.79 Å². The minimum atomic E-state index is -0.797. The van der Waals surface area contributed by atoms with Crippen LogP contribution in [-0.4, -0.2) is 138 Å². The van der Waals surface area contributed by atoms with E-state index in [1.165, 1.54) is 41.6 Å². The fourth-order valence-electron chi connectivity index (χ4n) is 8.50. The summed E-state index contributed by atoms with van der Waals surface area (Å²) in [5.41, 5.74) is 4.64. The number of nitrogens with one attached hydrogen (secondary N) is 2. The monoisotopic (exact) mass is 827 g/mol. The van der Waals surface area contributed by atoms with Crippen molar-refractivity contribution in [1.29, 1.82) is 0 Å². The highest BCUT2D eigenvalue weighted by Gasteiger charge is 2.31. The molecule has 3 aliphatic rings. The Labute approximate surface area is 354 Å². The van der Waals surface area contributed by atoms with Crippen molar-refractivity contribution in [2.45, 2.75) is 90.4 Å². The molecule has 3 aliphatic heterocycles. The molecule has 0 spiro atoms. The number of H-pyrrole nitrogens is 1. The molecule has 7 rings (SSSR count). The number of ether oxygens (including phenoxy) is 2. The number of likely N-dealkylation sites (N-methyl/N-ethyl adjacent to an activating group) is 1. The zero-order valence-corrected chi connectivity index (χ0v) is 36.4. The van der Waals surface area contributed by atoms with Crippen LogP contribution in [-0.2, 0) is 32.2 Å². The molecule has 0 saturated carbocycles. The summed E-state index contributed by atoms with van der Waals surface area (Å²) in [6.45, 7) is 17.0. The maximum atomic E-state index is 13.2. The molecular weight excluding hydrogens is 761 g/mol. The quantitative estimate of drug-likeness (QED) is 0.0748. The van der Waals surface area contributed by atoms with Crippen LogP contribution in [0.1, 0.15) is 75.0 Å². The van der Waals surface area contributed by atoms with Gasteiger partial charge in [0.15, 0.2) is 6.73 Å². The largest absolute Gasteiger partial charge is 0.510 e. The van der Waals surface area contributed by atoms with Gasteiger partial charge in [-0.1, -0.05) is 44.2 Å². The zero-order chi connectivity index (χ0) is 43.0. The van der Waals surface area contributed by atoms with Crippen LogP contribution in [0.2, 0.25) is 0 Å². The number of aromatic amines is 1. The molecule has 14 nitrogen and oxygen atoms in total. The predicted octanol–water partition coefficient (Wildman–Crippen LogP) is 5.68. The van der Waals surface area contributed by atoms with Crippen molar-refractivity contribution in [3.63, 3.8) is 0 Å². The summed E-state index contributed by atoms with van der Waals surface area (Å²) in [6, 6.07) is 14.2. The number of para-hydroxylation sites is 1. The van der Waals surface area contributed by atoms with E-state index in [0.717, 1.165) is 68.1 Å². The van der Waals surface area contributed by atoms with Crippen molar-refractivity contribution in [3.8, 4) is 0 Å². The molecule has 2 N–H and O–H groups in total. The molecule has 2 amide bonds. The Morgan fingerprint density at radius 2 is 1.68 bits per heavy atom. The first kappa shape index (κ1) is 46.0. The van der Waals surface area contributed by atoms with Crippen molar-refractivity contribution in [3.05, 3.63) is 88.4 Å². The first-order chi connectivity index (χ1) is 29.2. The summed E-state index contributed by atoms with van der Waals surface area (Å²) in [4.78, 5) is 58.0. The van der Waals surface area contributed by atoms with Crippen LogP contribution in [0.25, 0.3) is 21.8 Å². The van der Waals surface area contributed by atoms with E-state index < -0.39 is 6.16 Å². The molecule has 1 atom stereocenters. The lowest BCUT2D eigenvalue weighted by Crippen LogP contribution is -2.57. The average Bonchev–Trinajstić information content (AvgIpc) is 3.77. The normalized spacial score (nSPS) is 17.3. The molecule has 326 valence electrons. The lowest BCUT2D eigenvalue weighted by molar-refractivity contribution is -0.135. The van der Waals surface area contributed by atoms with Gasteiger partial charge in [0.1, 0.15) is 0 Å². The van der Waals surface area contributed by atoms with E-state index >= 15 is 0 Å². The van der Waals surface area contributed by atoms with E-state index in [9.17, 15) is 19.2 Å². The number of carbonyl (C=O) groups is 3. The average molecular weight is 827 g/mol. The SMILES string of the molecule is C=CCCCOC(=O)OCn1c(=O)c(C2CCN(C=O)CC2)cc2ccccc21.CC.CNC(Cc1cc(C)c2[nH]ncc2c1)C(=O)N1CCN(C2CCN(C)CC2)CC1. The molecule has 0 aliphatic carbocycles. The van der Waals surface area contributed by atoms with E-state index in [1.54, 1.807) is 11.0 Å². The summed E-state index contributed by atoms with van der Waals surface area (Å²) in [6.07, 6.45) is 9.76. The molecular formula is C46H66N8O6. The fourth-order valence-corrected chi connectivity index (χ4v) is 8.50. The number of hydrogen-bond acceptors (Lipinski definition) is 10. The number of pyridine rings is 1. The van der Waals surface area contributed by atoms with Crippen molar-refractivity contribution in [2.75, 3.05) is 73.1 Å². The molecule has 1 unspecified atom stereocenters. The maximum absolute atomic E-state index is 13.2. The van der Waals surface area contributed by atoms with Gasteiger partial charge < -0.3 is 29.5 Å². The second-order valence-corrected chi connectivity index (χ2v) is 15.8. The van der Waals surface area contributed by atoms with Crippen molar-refractivity contribution >= 4 is 40.3 Å². The Balaban J connectivity index is 0.000000219. The molecule has 0 bridgehead atoms. The van der Waals surface area contributed by atoms with E-state index in [-0.39, 0.29) is 36.8 Å². The molecule has 60 heavy (non-hydrogen) atoms. The smallest absolute Gasteiger partial charge is 0.434 e. The summed E-state index contributed by atoms with van der Waals surface area (Å²) >= 11 is 0. The van der Waals surface area contributed by atoms with E-state index in [1.807, 2.05) is 57.4 Å². The van der Waals surface area contributed by atoms with Crippen molar-refractivity contribution in [2.24, 2.45) is 0 Å². The second kappa shape index (κ2) is 23.1. The van der Waals surface area contributed by atoms with Gasteiger partial charge in [-0.05, 0) is 120 Å². The predicted molar refractivity (Wildman–Crippen MR) is 237 cm³/mol. The number of piperidine rings is 2. The minimum absolute atomic E-state index is 0.0698. The Kier molecular flexibility index (Phi) is 17.7. The third kappa shape index (κ3) is 12.0. The number of benzene rings is 2. The van der Waals surface area contributed by atoms with Crippen LogP contribution in [0.4, 0.5) is 4.79 Å². The number of aryl methyl sites for hydroxylation is 1. The molecule has 2 aromatic carbocycles. The van der Waals surface area contributed by atoms with E-state index in [4.69, 9.17) is 9.47 Å². The van der Waals surface area contributed by atoms with Crippen LogP contribution in [0.3, 0.4) is 0 Å². The Morgan fingerprint density at radius 3 is 2.37 bits per heavy atom. The lowest BCUT2D eigenvalue weighted by atomic mass is 9.89. The third-order valence-corrected chi connectivity index (χ3v) is 12.0. The van der Waals surface area contributed by atoms with Gasteiger partial charge in [0, 0.05) is 56.3 Å². The first-order valence-electron chi connectivity index (χ1n) is 21.7. The lowest BCUT2D eigenvalue weighted by Gasteiger charge is -2.42. The summed E-state index contributed by atoms with van der Waals surface area (Å²) in [5, 5.41) is 12.4. The van der Waals surface area contributed by atoms with Crippen LogP contribution in [0.5, 0.6) is 0 Å². The zero-order valence-electron chi connectivity index (χ0n) is 36.4. The standard InChI is InChI=1S/C22H34N6O.C22H26N2O5.C2H6/c1-16-12-17(13-18-15-24-25-21(16)18)14-20(23-2)22(29)28-10-8-27(9-11-28)19-4-6-26(3)7-5-19;1-2-3-6-13-28-22(27)29-16-24-20-8-5-4-7-18(20)14-19(21(24)26)17-9-11-23(15-25)12-10-17;1-2/h12-13,15,19-20,23H,4-11,14H2,1-3H3,(H,24,25);2,4-5,7-8,14-15,17H,1,3,6,9-13,16H2;1-2H3. The maximum Gasteiger partial charge on any atom is 0.510 e. The molecule has 14 heteroatoms. The number of hydrogen-bond donors (Lipinski definition) is 2. The number of fused-ring (bicyclic) bond motifs is 2. The highest BCUT2D eigenvalue weighted by Crippen LogP contribution is 2.28. The minimum Gasteiger partial charge on any atom is -0.434 e. The van der Waals surface area contributed by atoms with Crippen LogP contribution < -0.4 is 10.9 Å². The Hall–Kier alpha value is -5.05. The van der Waals surface area contributed by atoms with Gasteiger partial charge in [0.2, 0.25) is 12.3 Å².